The number of pyridine rings is 1. The zero-order valence-corrected chi connectivity index (χ0v) is 15.7. The first-order chi connectivity index (χ1) is 10.8. The van der Waals surface area contributed by atoms with E-state index in [4.69, 9.17) is 0 Å². The van der Waals surface area contributed by atoms with Crippen LogP contribution < -0.4 is 5.32 Å². The Morgan fingerprint density at radius 3 is 2.50 bits per heavy atom. The fraction of sp³-hybridized carbons (Fsp3) is 0.471. The number of nitrogens with zero attached hydrogens (tertiary/aromatic N) is 3. The predicted octanol–water partition coefficient (Wildman–Crippen LogP) is 3.85. The second kappa shape index (κ2) is 8.26. The number of nitrogens with one attached hydrogen (secondary N) is 1. The Kier molecular flexibility index (Phi) is 6.93. The van der Waals surface area contributed by atoms with Gasteiger partial charge < -0.3 is 10.2 Å². The maximum atomic E-state index is 11.4. The van der Waals surface area contributed by atoms with Crippen LogP contribution >= 0.6 is 12.4 Å². The molecule has 1 heterocycles. The van der Waals surface area contributed by atoms with Crippen LogP contribution in [0.15, 0.2) is 12.1 Å². The quantitative estimate of drug-likeness (QED) is 0.485. The van der Waals surface area contributed by atoms with Crippen molar-refractivity contribution in [3.8, 4) is 0 Å². The molecular formula is C17H25ClN4O2. The third-order valence-electron chi connectivity index (χ3n) is 4.09. The summed E-state index contributed by atoms with van der Waals surface area (Å²) in [5.74, 6) is 0. The van der Waals surface area contributed by atoms with Crippen molar-refractivity contribution < 1.29 is 4.92 Å². The fourth-order valence-electron chi connectivity index (χ4n) is 2.68. The number of nitro benzene ring substituents is 1. The molecule has 0 aliphatic heterocycles. The van der Waals surface area contributed by atoms with Gasteiger partial charge in [0.05, 0.1) is 16.1 Å². The first kappa shape index (κ1) is 20.1. The summed E-state index contributed by atoms with van der Waals surface area (Å²) in [6.07, 6.45) is 0.967. The second-order valence-corrected chi connectivity index (χ2v) is 6.16. The maximum Gasteiger partial charge on any atom is 0.280 e. The zero-order valence-electron chi connectivity index (χ0n) is 14.8. The minimum Gasteiger partial charge on any atom is -0.384 e. The largest absolute Gasteiger partial charge is 0.384 e. The van der Waals surface area contributed by atoms with Crippen LogP contribution in [0.2, 0.25) is 0 Å². The van der Waals surface area contributed by atoms with E-state index in [1.54, 1.807) is 12.1 Å². The van der Waals surface area contributed by atoms with Gasteiger partial charge in [0.25, 0.3) is 5.69 Å². The molecule has 0 radical (unpaired) electrons. The molecule has 0 aliphatic rings. The smallest absolute Gasteiger partial charge is 0.280 e. The highest BCUT2D eigenvalue weighted by atomic mass is 35.5. The number of anilines is 1. The van der Waals surface area contributed by atoms with E-state index in [1.165, 1.54) is 0 Å². The van der Waals surface area contributed by atoms with Gasteiger partial charge in [-0.2, -0.15) is 0 Å². The van der Waals surface area contributed by atoms with Gasteiger partial charge >= 0.3 is 0 Å². The summed E-state index contributed by atoms with van der Waals surface area (Å²) in [7, 11) is 4.07. The molecular weight excluding hydrogens is 328 g/mol. The molecule has 2 rings (SSSR count). The van der Waals surface area contributed by atoms with Crippen molar-refractivity contribution >= 4 is 34.7 Å². The average molecular weight is 353 g/mol. The molecule has 7 heteroatoms. The van der Waals surface area contributed by atoms with Gasteiger partial charge in [-0.3, -0.25) is 15.1 Å². The normalized spacial score (nSPS) is 10.8. The van der Waals surface area contributed by atoms with Gasteiger partial charge in [-0.15, -0.1) is 12.4 Å². The third kappa shape index (κ3) is 4.13. The predicted molar refractivity (Wildman–Crippen MR) is 102 cm³/mol. The summed E-state index contributed by atoms with van der Waals surface area (Å²) in [6.45, 7) is 7.57. The van der Waals surface area contributed by atoms with Gasteiger partial charge in [-0.25, -0.2) is 0 Å². The van der Waals surface area contributed by atoms with Crippen LogP contribution in [0.5, 0.6) is 0 Å². The van der Waals surface area contributed by atoms with Crippen LogP contribution in [0.1, 0.15) is 23.2 Å². The van der Waals surface area contributed by atoms with E-state index in [1.807, 2.05) is 34.9 Å². The standard InChI is InChI=1S/C17H24N4O2.ClH/c1-11-7-8-14(21(22)23)15-16(11)19-13(3)12(2)17(15)18-9-6-10-20(4)5;/h7-8H,6,9-10H2,1-5H3,(H,18,19);1H. The van der Waals surface area contributed by atoms with Crippen LogP contribution in [-0.4, -0.2) is 42.0 Å². The molecule has 24 heavy (non-hydrogen) atoms. The minimum absolute atomic E-state index is 0. The Morgan fingerprint density at radius 1 is 1.25 bits per heavy atom. The molecule has 0 aliphatic carbocycles. The summed E-state index contributed by atoms with van der Waals surface area (Å²) in [5, 5.41) is 15.5. The molecule has 0 saturated heterocycles. The van der Waals surface area contributed by atoms with E-state index in [-0.39, 0.29) is 23.0 Å². The van der Waals surface area contributed by atoms with E-state index in [2.05, 4.69) is 15.2 Å². The number of halogens is 1. The number of non-ortho nitro benzene ring substituents is 1. The van der Waals surface area contributed by atoms with Crippen LogP contribution in [0.3, 0.4) is 0 Å². The number of hydrogen-bond donors (Lipinski definition) is 1. The summed E-state index contributed by atoms with van der Waals surface area (Å²) in [5.41, 5.74) is 4.47. The van der Waals surface area contributed by atoms with Crippen LogP contribution in [0.4, 0.5) is 11.4 Å². The lowest BCUT2D eigenvalue weighted by Gasteiger charge is -2.16. The molecule has 1 N–H and O–H groups in total. The number of benzene rings is 1. The van der Waals surface area contributed by atoms with E-state index in [9.17, 15) is 10.1 Å². The molecule has 0 unspecified atom stereocenters. The van der Waals surface area contributed by atoms with Crippen molar-refractivity contribution in [1.29, 1.82) is 0 Å². The Labute approximate surface area is 148 Å². The third-order valence-corrected chi connectivity index (χ3v) is 4.09. The summed E-state index contributed by atoms with van der Waals surface area (Å²) < 4.78 is 0. The number of aryl methyl sites for hydroxylation is 2. The van der Waals surface area contributed by atoms with Gasteiger partial charge in [0.2, 0.25) is 0 Å². The topological polar surface area (TPSA) is 71.3 Å². The van der Waals surface area contributed by atoms with Gasteiger partial charge in [0, 0.05) is 18.3 Å². The monoisotopic (exact) mass is 352 g/mol. The highest BCUT2D eigenvalue weighted by molar-refractivity contribution is 6.01. The molecule has 1 aromatic carbocycles. The zero-order chi connectivity index (χ0) is 17.1. The van der Waals surface area contributed by atoms with Gasteiger partial charge in [0.15, 0.2) is 0 Å². The molecule has 0 atom stereocenters. The molecule has 0 saturated carbocycles. The van der Waals surface area contributed by atoms with Crippen molar-refractivity contribution in [3.63, 3.8) is 0 Å². The van der Waals surface area contributed by atoms with Crippen molar-refractivity contribution in [2.24, 2.45) is 0 Å². The molecule has 0 spiro atoms. The molecule has 0 amide bonds. The van der Waals surface area contributed by atoms with Crippen molar-refractivity contribution in [3.05, 3.63) is 39.1 Å². The van der Waals surface area contributed by atoms with E-state index in [0.717, 1.165) is 42.0 Å². The molecule has 0 fully saturated rings. The Balaban J connectivity index is 0.00000288. The second-order valence-electron chi connectivity index (χ2n) is 6.16. The number of nitro groups is 1. The molecule has 6 nitrogen and oxygen atoms in total. The highest BCUT2D eigenvalue weighted by Crippen LogP contribution is 2.36. The lowest BCUT2D eigenvalue weighted by atomic mass is 10.0. The number of hydrogen-bond acceptors (Lipinski definition) is 5. The Hall–Kier alpha value is -1.92. The van der Waals surface area contributed by atoms with Crippen LogP contribution in [0, 0.1) is 30.9 Å². The molecule has 0 bridgehead atoms. The SMILES string of the molecule is Cc1nc2c(C)ccc([N+](=O)[O-])c2c(NCCCN(C)C)c1C.Cl. The molecule has 1 aromatic heterocycles. The van der Waals surface area contributed by atoms with Crippen LogP contribution in [0.25, 0.3) is 10.9 Å². The van der Waals surface area contributed by atoms with E-state index < -0.39 is 0 Å². The summed E-state index contributed by atoms with van der Waals surface area (Å²) >= 11 is 0. The number of fused-ring (bicyclic) bond motifs is 1. The van der Waals surface area contributed by atoms with Gasteiger partial charge in [0.1, 0.15) is 5.39 Å². The Bertz CT molecular complexity index is 747. The molecule has 2 aromatic rings. The van der Waals surface area contributed by atoms with Crippen molar-refractivity contribution in [2.45, 2.75) is 27.2 Å². The van der Waals surface area contributed by atoms with Crippen LogP contribution in [-0.2, 0) is 0 Å². The fourth-order valence-corrected chi connectivity index (χ4v) is 2.68. The number of rotatable bonds is 6. The highest BCUT2D eigenvalue weighted by Gasteiger charge is 2.20. The first-order valence-corrected chi connectivity index (χ1v) is 7.76. The number of aromatic nitrogens is 1. The van der Waals surface area contributed by atoms with Gasteiger partial charge in [-0.05, 0) is 59.0 Å². The summed E-state index contributed by atoms with van der Waals surface area (Å²) in [4.78, 5) is 17.8. The van der Waals surface area contributed by atoms with Crippen molar-refractivity contribution in [2.75, 3.05) is 32.5 Å². The van der Waals surface area contributed by atoms with Gasteiger partial charge in [-0.1, -0.05) is 6.07 Å². The maximum absolute atomic E-state index is 11.4. The van der Waals surface area contributed by atoms with E-state index in [0.29, 0.717) is 10.9 Å². The Morgan fingerprint density at radius 2 is 1.92 bits per heavy atom. The van der Waals surface area contributed by atoms with Crippen molar-refractivity contribution in [1.82, 2.24) is 9.88 Å². The average Bonchev–Trinajstić information content (AvgIpc) is 2.47. The summed E-state index contributed by atoms with van der Waals surface area (Å²) in [6, 6.07) is 3.33. The first-order valence-electron chi connectivity index (χ1n) is 7.76. The molecule has 132 valence electrons. The lowest BCUT2D eigenvalue weighted by molar-refractivity contribution is -0.383. The van der Waals surface area contributed by atoms with E-state index >= 15 is 0 Å². The minimum atomic E-state index is -0.330. The lowest BCUT2D eigenvalue weighted by Crippen LogP contribution is -2.17.